The molecule has 0 saturated heterocycles. The van der Waals surface area contributed by atoms with Gasteiger partial charge in [0.25, 0.3) is 0 Å². The fourth-order valence-corrected chi connectivity index (χ4v) is 2.57. The van der Waals surface area contributed by atoms with Gasteiger partial charge in [0, 0.05) is 0 Å². The van der Waals surface area contributed by atoms with Gasteiger partial charge in [0.15, 0.2) is 5.60 Å². The van der Waals surface area contributed by atoms with E-state index in [4.69, 9.17) is 4.74 Å². The number of hydrogen-bond acceptors (Lipinski definition) is 3. The van der Waals surface area contributed by atoms with Crippen molar-refractivity contribution in [2.24, 2.45) is 0 Å². The smallest absolute Gasteiger partial charge is 0.335 e. The van der Waals surface area contributed by atoms with Gasteiger partial charge < -0.3 is 9.84 Å². The quantitative estimate of drug-likeness (QED) is 0.700. The van der Waals surface area contributed by atoms with Gasteiger partial charge in [0.2, 0.25) is 0 Å². The van der Waals surface area contributed by atoms with E-state index in [-0.39, 0.29) is 6.61 Å². The number of hydrogen-bond donors (Lipinski definition) is 1. The van der Waals surface area contributed by atoms with E-state index in [1.807, 2.05) is 59.3 Å². The van der Waals surface area contributed by atoms with Gasteiger partial charge in [-0.1, -0.05) is 60.7 Å². The molecular formula is C21H22N2O3. The molecule has 0 aliphatic rings. The molecule has 5 nitrogen and oxygen atoms in total. The highest BCUT2D eigenvalue weighted by atomic mass is 16.5. The summed E-state index contributed by atoms with van der Waals surface area (Å²) in [7, 11) is 0. The Morgan fingerprint density at radius 1 is 1.08 bits per heavy atom. The minimum absolute atomic E-state index is 0.140. The van der Waals surface area contributed by atoms with E-state index in [1.165, 1.54) is 13.8 Å². The lowest BCUT2D eigenvalue weighted by Gasteiger charge is -2.19. The summed E-state index contributed by atoms with van der Waals surface area (Å²) >= 11 is 0. The van der Waals surface area contributed by atoms with Crippen molar-refractivity contribution in [3.8, 4) is 11.3 Å². The van der Waals surface area contributed by atoms with Crippen molar-refractivity contribution in [1.29, 1.82) is 0 Å². The second kappa shape index (κ2) is 7.54. The van der Waals surface area contributed by atoms with Gasteiger partial charge >= 0.3 is 5.97 Å². The fourth-order valence-electron chi connectivity index (χ4n) is 2.57. The Morgan fingerprint density at radius 2 is 1.69 bits per heavy atom. The van der Waals surface area contributed by atoms with Crippen LogP contribution in [-0.2, 0) is 22.7 Å². The van der Waals surface area contributed by atoms with E-state index in [1.54, 1.807) is 0 Å². The average Bonchev–Trinajstić information content (AvgIpc) is 3.04. The molecule has 134 valence electrons. The Labute approximate surface area is 152 Å². The van der Waals surface area contributed by atoms with Crippen LogP contribution < -0.4 is 0 Å². The predicted octanol–water partition coefficient (Wildman–Crippen LogP) is 3.98. The number of nitrogens with zero attached hydrogens (tertiary/aromatic N) is 2. The van der Waals surface area contributed by atoms with Crippen LogP contribution in [0.3, 0.4) is 0 Å². The molecule has 0 saturated carbocycles. The molecule has 0 bridgehead atoms. The number of aromatic nitrogens is 2. The first-order valence-electron chi connectivity index (χ1n) is 8.49. The molecule has 0 aliphatic heterocycles. The van der Waals surface area contributed by atoms with E-state index in [0.29, 0.717) is 12.2 Å². The third-order valence-electron chi connectivity index (χ3n) is 4.17. The number of ether oxygens (including phenoxy) is 1. The minimum Gasteiger partial charge on any atom is -0.479 e. The lowest BCUT2D eigenvalue weighted by molar-refractivity contribution is -0.162. The van der Waals surface area contributed by atoms with Crippen molar-refractivity contribution in [3.63, 3.8) is 0 Å². The molecule has 1 heterocycles. The first-order chi connectivity index (χ1) is 12.5. The summed E-state index contributed by atoms with van der Waals surface area (Å²) in [5.74, 6) is -0.996. The molecule has 3 aromatic rings. The van der Waals surface area contributed by atoms with Crippen LogP contribution in [0.15, 0.2) is 66.7 Å². The van der Waals surface area contributed by atoms with Crippen LogP contribution >= 0.6 is 0 Å². The van der Waals surface area contributed by atoms with Crippen LogP contribution in [-0.4, -0.2) is 26.5 Å². The number of benzene rings is 2. The summed E-state index contributed by atoms with van der Waals surface area (Å²) in [5, 5.41) is 13.8. The average molecular weight is 350 g/mol. The van der Waals surface area contributed by atoms with Gasteiger partial charge in [-0.15, -0.1) is 0 Å². The standard InChI is InChI=1S/C21H22N2O3/c1-21(2,20(24)25)26-15-18-13-19(17-11-7-4-8-12-17)23(22-18)14-16-9-5-3-6-10-16/h3-13H,14-15H2,1-2H3,(H,24,25). The number of carboxylic acid groups (broad SMARTS) is 1. The van der Waals surface area contributed by atoms with Crippen LogP contribution in [0.25, 0.3) is 11.3 Å². The Kier molecular flexibility index (Phi) is 5.19. The summed E-state index contributed by atoms with van der Waals surface area (Å²) in [5.41, 5.74) is 2.62. The van der Waals surface area contributed by atoms with Gasteiger partial charge in [-0.2, -0.15) is 5.10 Å². The van der Waals surface area contributed by atoms with Crippen LogP contribution in [0, 0.1) is 0 Å². The normalized spacial score (nSPS) is 11.5. The Balaban J connectivity index is 1.89. The second-order valence-corrected chi connectivity index (χ2v) is 6.63. The molecule has 5 heteroatoms. The Bertz CT molecular complexity index is 871. The molecule has 0 spiro atoms. The van der Waals surface area contributed by atoms with Gasteiger partial charge in [-0.05, 0) is 31.0 Å². The zero-order valence-corrected chi connectivity index (χ0v) is 14.9. The van der Waals surface area contributed by atoms with Crippen molar-refractivity contribution in [2.75, 3.05) is 0 Å². The zero-order valence-electron chi connectivity index (χ0n) is 14.9. The first-order valence-corrected chi connectivity index (χ1v) is 8.49. The lowest BCUT2D eigenvalue weighted by atomic mass is 10.1. The van der Waals surface area contributed by atoms with Gasteiger partial charge in [0.05, 0.1) is 24.5 Å². The Morgan fingerprint density at radius 3 is 2.31 bits per heavy atom. The van der Waals surface area contributed by atoms with E-state index in [0.717, 1.165) is 16.8 Å². The molecule has 26 heavy (non-hydrogen) atoms. The van der Waals surface area contributed by atoms with E-state index in [9.17, 15) is 9.90 Å². The Hall–Kier alpha value is -2.92. The number of rotatable bonds is 7. The van der Waals surface area contributed by atoms with Crippen LogP contribution in [0.2, 0.25) is 0 Å². The highest BCUT2D eigenvalue weighted by Crippen LogP contribution is 2.23. The van der Waals surface area contributed by atoms with Crippen LogP contribution in [0.1, 0.15) is 25.1 Å². The predicted molar refractivity (Wildman–Crippen MR) is 99.7 cm³/mol. The third-order valence-corrected chi connectivity index (χ3v) is 4.17. The molecule has 0 amide bonds. The molecule has 2 aromatic carbocycles. The molecule has 1 N–H and O–H groups in total. The third kappa shape index (κ3) is 4.18. The molecule has 0 radical (unpaired) electrons. The van der Waals surface area contributed by atoms with E-state index >= 15 is 0 Å². The van der Waals surface area contributed by atoms with Crippen molar-refractivity contribution >= 4 is 5.97 Å². The fraction of sp³-hybridized carbons (Fsp3) is 0.238. The molecule has 3 rings (SSSR count). The van der Waals surface area contributed by atoms with E-state index in [2.05, 4.69) is 17.2 Å². The molecule has 0 aliphatic carbocycles. The SMILES string of the molecule is CC(C)(OCc1cc(-c2ccccc2)n(Cc2ccccc2)n1)C(=O)O. The summed E-state index contributed by atoms with van der Waals surface area (Å²) in [6.07, 6.45) is 0. The highest BCUT2D eigenvalue weighted by molar-refractivity contribution is 5.76. The van der Waals surface area contributed by atoms with Crippen molar-refractivity contribution in [3.05, 3.63) is 78.0 Å². The maximum atomic E-state index is 11.2. The van der Waals surface area contributed by atoms with Crippen LogP contribution in [0.5, 0.6) is 0 Å². The van der Waals surface area contributed by atoms with Gasteiger partial charge in [-0.3, -0.25) is 4.68 Å². The summed E-state index contributed by atoms with van der Waals surface area (Å²) in [4.78, 5) is 11.2. The molecular weight excluding hydrogens is 328 g/mol. The monoisotopic (exact) mass is 350 g/mol. The maximum Gasteiger partial charge on any atom is 0.335 e. The largest absolute Gasteiger partial charge is 0.479 e. The highest BCUT2D eigenvalue weighted by Gasteiger charge is 2.28. The van der Waals surface area contributed by atoms with Crippen molar-refractivity contribution in [1.82, 2.24) is 9.78 Å². The maximum absolute atomic E-state index is 11.2. The number of carboxylic acids is 1. The molecule has 0 fully saturated rings. The molecule has 0 unspecified atom stereocenters. The van der Waals surface area contributed by atoms with Crippen LogP contribution in [0.4, 0.5) is 0 Å². The summed E-state index contributed by atoms with van der Waals surface area (Å²) in [6, 6.07) is 22.1. The van der Waals surface area contributed by atoms with Crippen molar-refractivity contribution < 1.29 is 14.6 Å². The summed E-state index contributed by atoms with van der Waals surface area (Å²) < 4.78 is 7.48. The van der Waals surface area contributed by atoms with Gasteiger partial charge in [-0.25, -0.2) is 4.79 Å². The zero-order chi connectivity index (χ0) is 18.6. The second-order valence-electron chi connectivity index (χ2n) is 6.63. The van der Waals surface area contributed by atoms with Gasteiger partial charge in [0.1, 0.15) is 0 Å². The molecule has 0 atom stereocenters. The minimum atomic E-state index is -1.25. The summed E-state index contributed by atoms with van der Waals surface area (Å²) in [6.45, 7) is 3.84. The molecule has 1 aromatic heterocycles. The lowest BCUT2D eigenvalue weighted by Crippen LogP contribution is -2.34. The number of aliphatic carboxylic acids is 1. The first kappa shape index (κ1) is 17.9. The topological polar surface area (TPSA) is 64.4 Å². The number of carbonyl (C=O) groups is 1. The van der Waals surface area contributed by atoms with E-state index < -0.39 is 11.6 Å². The van der Waals surface area contributed by atoms with Crippen molar-refractivity contribution in [2.45, 2.75) is 32.6 Å².